The predicted molar refractivity (Wildman–Crippen MR) is 80.8 cm³/mol. The lowest BCUT2D eigenvalue weighted by atomic mass is 9.90. The van der Waals surface area contributed by atoms with Crippen molar-refractivity contribution in [3.63, 3.8) is 0 Å². The predicted octanol–water partition coefficient (Wildman–Crippen LogP) is 0.786. The topological polar surface area (TPSA) is 65.1 Å². The summed E-state index contributed by atoms with van der Waals surface area (Å²) in [5.41, 5.74) is 7.07. The molecule has 114 valence electrons. The van der Waals surface area contributed by atoms with E-state index in [0.29, 0.717) is 5.96 Å². The first-order chi connectivity index (χ1) is 10.1. The van der Waals surface area contributed by atoms with Crippen molar-refractivity contribution in [2.45, 2.75) is 25.0 Å². The number of benzene rings is 1. The van der Waals surface area contributed by atoms with Gasteiger partial charge in [-0.25, -0.2) is 9.38 Å². The van der Waals surface area contributed by atoms with E-state index in [1.54, 1.807) is 12.1 Å². The van der Waals surface area contributed by atoms with Crippen LogP contribution < -0.4 is 10.6 Å². The smallest absolute Gasteiger partial charge is 0.191 e. The van der Waals surface area contributed by atoms with E-state index >= 15 is 0 Å². The van der Waals surface area contributed by atoms with Gasteiger partial charge in [0.1, 0.15) is 5.82 Å². The molecule has 21 heavy (non-hydrogen) atoms. The first-order valence-corrected chi connectivity index (χ1v) is 7.38. The minimum Gasteiger partial charge on any atom is -0.393 e. The van der Waals surface area contributed by atoms with Gasteiger partial charge in [0.15, 0.2) is 5.96 Å². The number of nitrogens with two attached hydrogens (primary N) is 1. The van der Waals surface area contributed by atoms with Gasteiger partial charge < -0.3 is 20.6 Å². The van der Waals surface area contributed by atoms with Crippen LogP contribution in [0.5, 0.6) is 0 Å². The van der Waals surface area contributed by atoms with Gasteiger partial charge in [0, 0.05) is 31.9 Å². The van der Waals surface area contributed by atoms with Crippen molar-refractivity contribution in [1.82, 2.24) is 4.90 Å². The molecule has 0 bridgehead atoms. The van der Waals surface area contributed by atoms with E-state index in [1.807, 2.05) is 0 Å². The molecule has 3 rings (SSSR count). The fraction of sp³-hybridized carbons (Fsp3) is 0.533. The van der Waals surface area contributed by atoms with Gasteiger partial charge >= 0.3 is 0 Å². The number of hydrogen-bond donors (Lipinski definition) is 2. The molecule has 1 aromatic rings. The van der Waals surface area contributed by atoms with Gasteiger partial charge in [0.05, 0.1) is 12.1 Å². The third-order valence-electron chi connectivity index (χ3n) is 4.20. The van der Waals surface area contributed by atoms with Crippen LogP contribution in [0.1, 0.15) is 12.8 Å². The van der Waals surface area contributed by atoms with Gasteiger partial charge in [-0.05, 0) is 37.1 Å². The molecule has 1 saturated carbocycles. The molecule has 0 atom stereocenters. The molecule has 1 aliphatic carbocycles. The summed E-state index contributed by atoms with van der Waals surface area (Å²) >= 11 is 0. The van der Waals surface area contributed by atoms with Crippen molar-refractivity contribution in [3.8, 4) is 0 Å². The van der Waals surface area contributed by atoms with E-state index in [9.17, 15) is 9.50 Å². The van der Waals surface area contributed by atoms with Gasteiger partial charge in [-0.15, -0.1) is 0 Å². The van der Waals surface area contributed by atoms with Crippen molar-refractivity contribution in [2.24, 2.45) is 10.7 Å². The van der Waals surface area contributed by atoms with Gasteiger partial charge in [-0.2, -0.15) is 0 Å². The van der Waals surface area contributed by atoms with Crippen molar-refractivity contribution >= 4 is 11.6 Å². The zero-order valence-electron chi connectivity index (χ0n) is 12.0. The number of aliphatic hydroxyl groups is 1. The maximum Gasteiger partial charge on any atom is 0.191 e. The molecule has 0 spiro atoms. The first kappa shape index (κ1) is 14.1. The third kappa shape index (κ3) is 3.26. The molecule has 0 unspecified atom stereocenters. The number of nitrogens with zero attached hydrogens (tertiary/aromatic N) is 3. The molecule has 0 aromatic heterocycles. The number of anilines is 1. The SMILES string of the molecule is NC(=NC1CC(O)C1)N1CCN(c2ccc(F)cc2)CC1. The Hall–Kier alpha value is -1.82. The van der Waals surface area contributed by atoms with Crippen LogP contribution in [0.2, 0.25) is 0 Å². The van der Waals surface area contributed by atoms with Crippen LogP contribution in [0.3, 0.4) is 0 Å². The number of hydrogen-bond acceptors (Lipinski definition) is 3. The Morgan fingerprint density at radius 2 is 1.76 bits per heavy atom. The molecule has 1 aliphatic heterocycles. The van der Waals surface area contributed by atoms with Crippen molar-refractivity contribution in [2.75, 3.05) is 31.1 Å². The summed E-state index contributed by atoms with van der Waals surface area (Å²) in [4.78, 5) is 8.75. The Morgan fingerprint density at radius 3 is 2.33 bits per heavy atom. The normalized spacial score (nSPS) is 26.7. The van der Waals surface area contributed by atoms with E-state index in [1.165, 1.54) is 12.1 Å². The van der Waals surface area contributed by atoms with Crippen LogP contribution in [-0.4, -0.2) is 54.3 Å². The van der Waals surface area contributed by atoms with Crippen LogP contribution in [0, 0.1) is 5.82 Å². The second kappa shape index (κ2) is 5.89. The second-order valence-electron chi connectivity index (χ2n) is 5.72. The van der Waals surface area contributed by atoms with Gasteiger partial charge in [-0.1, -0.05) is 0 Å². The lowest BCUT2D eigenvalue weighted by molar-refractivity contribution is 0.0773. The number of guanidine groups is 1. The van der Waals surface area contributed by atoms with Crippen molar-refractivity contribution in [3.05, 3.63) is 30.1 Å². The zero-order chi connectivity index (χ0) is 14.8. The number of aliphatic imine (C=N–C) groups is 1. The molecule has 3 N–H and O–H groups in total. The molecule has 0 amide bonds. The second-order valence-corrected chi connectivity index (χ2v) is 5.72. The van der Waals surface area contributed by atoms with Crippen LogP contribution in [0.4, 0.5) is 10.1 Å². The van der Waals surface area contributed by atoms with E-state index in [2.05, 4.69) is 14.8 Å². The molecule has 5 nitrogen and oxygen atoms in total. The lowest BCUT2D eigenvalue weighted by Crippen LogP contribution is -2.52. The monoisotopic (exact) mass is 292 g/mol. The number of rotatable bonds is 2. The van der Waals surface area contributed by atoms with E-state index < -0.39 is 0 Å². The number of piperazine rings is 1. The summed E-state index contributed by atoms with van der Waals surface area (Å²) in [5, 5.41) is 9.26. The van der Waals surface area contributed by atoms with Crippen LogP contribution >= 0.6 is 0 Å². The maximum absolute atomic E-state index is 12.9. The molecule has 2 aliphatic rings. The van der Waals surface area contributed by atoms with E-state index in [-0.39, 0.29) is 18.0 Å². The summed E-state index contributed by atoms with van der Waals surface area (Å²) in [7, 11) is 0. The fourth-order valence-electron chi connectivity index (χ4n) is 2.78. The molecular formula is C15H21FN4O. The zero-order valence-corrected chi connectivity index (χ0v) is 12.0. The highest BCUT2D eigenvalue weighted by Gasteiger charge is 2.28. The van der Waals surface area contributed by atoms with Crippen molar-refractivity contribution < 1.29 is 9.50 Å². The van der Waals surface area contributed by atoms with Gasteiger partial charge in [-0.3, -0.25) is 0 Å². The Bertz CT molecular complexity index is 505. The van der Waals surface area contributed by atoms with E-state index in [0.717, 1.165) is 44.7 Å². The molecule has 6 heteroatoms. The number of aliphatic hydroxyl groups excluding tert-OH is 1. The average Bonchev–Trinajstić information content (AvgIpc) is 2.46. The summed E-state index contributed by atoms with van der Waals surface area (Å²) in [5.74, 6) is 0.363. The lowest BCUT2D eigenvalue weighted by Gasteiger charge is -2.37. The summed E-state index contributed by atoms with van der Waals surface area (Å²) in [6, 6.07) is 6.75. The van der Waals surface area contributed by atoms with Gasteiger partial charge in [0.2, 0.25) is 0 Å². The van der Waals surface area contributed by atoms with Crippen molar-refractivity contribution in [1.29, 1.82) is 0 Å². The maximum atomic E-state index is 12.9. The molecular weight excluding hydrogens is 271 g/mol. The molecule has 1 saturated heterocycles. The minimum absolute atomic E-state index is 0.176. The summed E-state index contributed by atoms with van der Waals surface area (Å²) < 4.78 is 12.9. The third-order valence-corrected chi connectivity index (χ3v) is 4.20. The highest BCUT2D eigenvalue weighted by Crippen LogP contribution is 2.23. The van der Waals surface area contributed by atoms with Crippen LogP contribution in [0.25, 0.3) is 0 Å². The van der Waals surface area contributed by atoms with E-state index in [4.69, 9.17) is 5.73 Å². The minimum atomic E-state index is -0.212. The Balaban J connectivity index is 1.54. The molecule has 1 aromatic carbocycles. The molecule has 1 heterocycles. The molecule has 2 fully saturated rings. The quantitative estimate of drug-likeness (QED) is 0.625. The molecule has 0 radical (unpaired) electrons. The Morgan fingerprint density at radius 1 is 1.14 bits per heavy atom. The number of halogens is 1. The van der Waals surface area contributed by atoms with Gasteiger partial charge in [0.25, 0.3) is 0 Å². The Kier molecular flexibility index (Phi) is 3.96. The summed E-state index contributed by atoms with van der Waals surface area (Å²) in [6.07, 6.45) is 1.23. The van der Waals surface area contributed by atoms with Crippen LogP contribution in [-0.2, 0) is 0 Å². The Labute approximate surface area is 123 Å². The first-order valence-electron chi connectivity index (χ1n) is 7.38. The van der Waals surface area contributed by atoms with Crippen LogP contribution in [0.15, 0.2) is 29.3 Å². The standard InChI is InChI=1S/C15H21FN4O/c16-11-1-3-13(4-2-11)19-5-7-20(8-6-19)15(17)18-12-9-14(21)10-12/h1-4,12,14,21H,5-10H2,(H2,17,18). The average molecular weight is 292 g/mol. The largest absolute Gasteiger partial charge is 0.393 e. The summed E-state index contributed by atoms with van der Waals surface area (Å²) in [6.45, 7) is 3.30. The highest BCUT2D eigenvalue weighted by atomic mass is 19.1. The highest BCUT2D eigenvalue weighted by molar-refractivity contribution is 5.78. The fourth-order valence-corrected chi connectivity index (χ4v) is 2.78.